The molecule has 3 heterocycles. The quantitative estimate of drug-likeness (QED) is 0.488. The van der Waals surface area contributed by atoms with Gasteiger partial charge in [0.25, 0.3) is 5.91 Å². The lowest BCUT2D eigenvalue weighted by molar-refractivity contribution is 0.0485. The Bertz CT molecular complexity index is 1240. The minimum Gasteiger partial charge on any atom is -0.490 e. The molecule has 3 N–H and O–H groups in total. The van der Waals surface area contributed by atoms with Gasteiger partial charge in [0.2, 0.25) is 0 Å². The highest BCUT2D eigenvalue weighted by atomic mass is 19.1. The Morgan fingerprint density at radius 1 is 1.17 bits per heavy atom. The summed E-state index contributed by atoms with van der Waals surface area (Å²) in [5, 5.41) is 14.0. The predicted molar refractivity (Wildman–Crippen MR) is 110 cm³/mol. The molecule has 5 rings (SSSR count). The number of amides is 1. The lowest BCUT2D eigenvalue weighted by Crippen LogP contribution is -2.42. The molecule has 1 amide bonds. The zero-order valence-electron chi connectivity index (χ0n) is 15.8. The van der Waals surface area contributed by atoms with Gasteiger partial charge in [-0.3, -0.25) is 4.79 Å². The van der Waals surface area contributed by atoms with E-state index >= 15 is 0 Å². The molecule has 0 unspecified atom stereocenters. The minimum absolute atomic E-state index is 0.0188. The van der Waals surface area contributed by atoms with Crippen LogP contribution in [0.4, 0.5) is 4.39 Å². The maximum absolute atomic E-state index is 14.3. The van der Waals surface area contributed by atoms with E-state index in [4.69, 9.17) is 4.74 Å². The molecule has 2 aromatic heterocycles. The summed E-state index contributed by atoms with van der Waals surface area (Å²) in [5.74, 6) is -0.600. The molecule has 30 heavy (non-hydrogen) atoms. The Kier molecular flexibility index (Phi) is 4.44. The van der Waals surface area contributed by atoms with Gasteiger partial charge in [-0.1, -0.05) is 18.2 Å². The maximum atomic E-state index is 14.3. The van der Waals surface area contributed by atoms with Crippen LogP contribution in [-0.4, -0.2) is 33.7 Å². The zero-order chi connectivity index (χ0) is 20.7. The molecule has 2 atom stereocenters. The number of nitrogens with zero attached hydrogens (tertiary/aromatic N) is 1. The summed E-state index contributed by atoms with van der Waals surface area (Å²) >= 11 is 0. The average molecular weight is 403 g/mol. The Hall–Kier alpha value is -3.71. The number of carbonyl (C=O) groups excluding carboxylic acids is 1. The first-order valence-corrected chi connectivity index (χ1v) is 9.54. The van der Waals surface area contributed by atoms with Gasteiger partial charge in [-0.2, -0.15) is 0 Å². The van der Waals surface area contributed by atoms with Crippen molar-refractivity contribution in [2.45, 2.75) is 12.1 Å². The van der Waals surface area contributed by atoms with Crippen molar-refractivity contribution in [3.8, 4) is 16.9 Å². The molecule has 1 aliphatic rings. The van der Waals surface area contributed by atoms with Crippen LogP contribution in [0.3, 0.4) is 0 Å². The highest BCUT2D eigenvalue weighted by molar-refractivity contribution is 5.97. The van der Waals surface area contributed by atoms with Crippen molar-refractivity contribution in [1.29, 1.82) is 0 Å². The van der Waals surface area contributed by atoms with Gasteiger partial charge in [0.1, 0.15) is 29.9 Å². The third-order valence-electron chi connectivity index (χ3n) is 5.32. The van der Waals surface area contributed by atoms with Crippen LogP contribution in [0, 0.1) is 5.82 Å². The summed E-state index contributed by atoms with van der Waals surface area (Å²) in [6, 6.07) is 14.5. The molecule has 150 valence electrons. The van der Waals surface area contributed by atoms with Gasteiger partial charge in [0, 0.05) is 23.3 Å². The summed E-state index contributed by atoms with van der Waals surface area (Å²) < 4.78 is 19.7. The molecule has 0 fully saturated rings. The van der Waals surface area contributed by atoms with Crippen molar-refractivity contribution in [3.05, 3.63) is 83.9 Å². The van der Waals surface area contributed by atoms with Crippen LogP contribution < -0.4 is 10.1 Å². The number of H-pyrrole nitrogens is 1. The number of aromatic amines is 1. The lowest BCUT2D eigenvalue weighted by atomic mass is 9.97. The molecular formula is C23H18FN3O3. The van der Waals surface area contributed by atoms with Crippen LogP contribution in [-0.2, 0) is 0 Å². The summed E-state index contributed by atoms with van der Waals surface area (Å²) in [5.41, 5.74) is 3.32. The van der Waals surface area contributed by atoms with Gasteiger partial charge >= 0.3 is 0 Å². The number of halogens is 1. The molecule has 7 heteroatoms. The minimum atomic E-state index is -1.05. The number of benzene rings is 2. The highest BCUT2D eigenvalue weighted by Crippen LogP contribution is 2.34. The molecule has 0 spiro atoms. The standard InChI is InChI=1S/C23H18FN3O3/c24-17-2-1-3-19-20(17)21(18(28)12-30-19)27-23(29)14-6-4-13(5-7-14)15-8-10-25-22-16(15)9-11-26-22/h1-11,18,21,28H,12H2,(H,25,26)(H,27,29)/t18-,21-/m0/s1. The van der Waals surface area contributed by atoms with E-state index in [1.165, 1.54) is 12.1 Å². The fraction of sp³-hybridized carbons (Fsp3) is 0.130. The summed E-state index contributed by atoms with van der Waals surface area (Å²) in [6.45, 7) is -0.0188. The average Bonchev–Trinajstić information content (AvgIpc) is 3.25. The molecule has 0 aliphatic carbocycles. The van der Waals surface area contributed by atoms with Gasteiger partial charge in [0.15, 0.2) is 0 Å². The summed E-state index contributed by atoms with van der Waals surface area (Å²) in [6.07, 6.45) is 2.52. The summed E-state index contributed by atoms with van der Waals surface area (Å²) in [4.78, 5) is 20.2. The molecule has 0 saturated heterocycles. The van der Waals surface area contributed by atoms with Crippen LogP contribution in [0.25, 0.3) is 22.2 Å². The van der Waals surface area contributed by atoms with Gasteiger partial charge in [0.05, 0.1) is 11.6 Å². The molecule has 0 bridgehead atoms. The highest BCUT2D eigenvalue weighted by Gasteiger charge is 2.33. The second kappa shape index (κ2) is 7.27. The Morgan fingerprint density at radius 3 is 2.83 bits per heavy atom. The number of nitrogens with one attached hydrogen (secondary N) is 2. The van der Waals surface area contributed by atoms with Crippen LogP contribution >= 0.6 is 0 Å². The first-order chi connectivity index (χ1) is 14.6. The van der Waals surface area contributed by atoms with E-state index < -0.39 is 23.9 Å². The van der Waals surface area contributed by atoms with Gasteiger partial charge in [-0.25, -0.2) is 9.37 Å². The number of aromatic nitrogens is 2. The number of rotatable bonds is 3. The van der Waals surface area contributed by atoms with Crippen molar-refractivity contribution in [1.82, 2.24) is 15.3 Å². The number of fused-ring (bicyclic) bond motifs is 2. The van der Waals surface area contributed by atoms with E-state index in [1.807, 2.05) is 30.5 Å². The van der Waals surface area contributed by atoms with E-state index in [1.54, 1.807) is 24.4 Å². The van der Waals surface area contributed by atoms with Crippen molar-refractivity contribution in [3.63, 3.8) is 0 Å². The third kappa shape index (κ3) is 3.09. The van der Waals surface area contributed by atoms with Crippen molar-refractivity contribution in [2.24, 2.45) is 0 Å². The first-order valence-electron chi connectivity index (χ1n) is 9.54. The maximum Gasteiger partial charge on any atom is 0.251 e. The normalized spacial score (nSPS) is 17.9. The number of carbonyl (C=O) groups is 1. The smallest absolute Gasteiger partial charge is 0.251 e. The number of hydrogen-bond acceptors (Lipinski definition) is 4. The molecule has 6 nitrogen and oxygen atoms in total. The molecule has 4 aromatic rings. The molecule has 0 radical (unpaired) electrons. The van der Waals surface area contributed by atoms with Gasteiger partial charge in [-0.15, -0.1) is 0 Å². The first kappa shape index (κ1) is 18.3. The van der Waals surface area contributed by atoms with E-state index in [9.17, 15) is 14.3 Å². The lowest BCUT2D eigenvalue weighted by Gasteiger charge is -2.31. The number of ether oxygens (including phenoxy) is 1. The fourth-order valence-electron chi connectivity index (χ4n) is 3.82. The van der Waals surface area contributed by atoms with Crippen LogP contribution in [0.5, 0.6) is 5.75 Å². The van der Waals surface area contributed by atoms with Gasteiger partial charge < -0.3 is 20.1 Å². The molecular weight excluding hydrogens is 385 g/mol. The Morgan fingerprint density at radius 2 is 2.00 bits per heavy atom. The van der Waals surface area contributed by atoms with Crippen LogP contribution in [0.15, 0.2) is 67.0 Å². The SMILES string of the molecule is O=C(N[C@@H]1c2c(F)cccc2OC[C@@H]1O)c1ccc(-c2ccnc3[nH]ccc23)cc1. The number of aliphatic hydroxyl groups is 1. The second-order valence-electron chi connectivity index (χ2n) is 7.16. The Labute approximate surface area is 171 Å². The molecule has 0 saturated carbocycles. The molecule has 2 aromatic carbocycles. The zero-order valence-corrected chi connectivity index (χ0v) is 15.8. The molecule has 1 aliphatic heterocycles. The van der Waals surface area contributed by atoms with Gasteiger partial charge in [-0.05, 0) is 47.5 Å². The number of aliphatic hydroxyl groups excluding tert-OH is 1. The summed E-state index contributed by atoms with van der Waals surface area (Å²) in [7, 11) is 0. The van der Waals surface area contributed by atoms with Crippen molar-refractivity contribution >= 4 is 16.9 Å². The Balaban J connectivity index is 1.41. The monoisotopic (exact) mass is 403 g/mol. The number of hydrogen-bond donors (Lipinski definition) is 3. The largest absolute Gasteiger partial charge is 0.490 e. The van der Waals surface area contributed by atoms with Crippen LogP contribution in [0.1, 0.15) is 22.0 Å². The predicted octanol–water partition coefficient (Wildman–Crippen LogP) is 3.59. The van der Waals surface area contributed by atoms with E-state index in [2.05, 4.69) is 15.3 Å². The van der Waals surface area contributed by atoms with Crippen molar-refractivity contribution in [2.75, 3.05) is 6.61 Å². The third-order valence-corrected chi connectivity index (χ3v) is 5.32. The number of pyridine rings is 1. The topological polar surface area (TPSA) is 87.2 Å². The van der Waals surface area contributed by atoms with E-state index in [-0.39, 0.29) is 12.2 Å². The fourth-order valence-corrected chi connectivity index (χ4v) is 3.82. The van der Waals surface area contributed by atoms with Crippen molar-refractivity contribution < 1.29 is 19.0 Å². The second-order valence-corrected chi connectivity index (χ2v) is 7.16. The van der Waals surface area contributed by atoms with E-state index in [0.717, 1.165) is 22.2 Å². The van der Waals surface area contributed by atoms with E-state index in [0.29, 0.717) is 11.3 Å². The van der Waals surface area contributed by atoms with Crippen LogP contribution in [0.2, 0.25) is 0 Å².